The zero-order valence-electron chi connectivity index (χ0n) is 16.7. The average molecular weight is 383 g/mol. The summed E-state index contributed by atoms with van der Waals surface area (Å²) in [6.07, 6.45) is 9.43. The summed E-state index contributed by atoms with van der Waals surface area (Å²) in [6.45, 7) is 3.66. The number of ether oxygens (including phenoxy) is 1. The Kier molecular flexibility index (Phi) is 6.09. The highest BCUT2D eigenvalue weighted by Gasteiger charge is 2.21. The third-order valence-corrected chi connectivity index (χ3v) is 5.76. The summed E-state index contributed by atoms with van der Waals surface area (Å²) in [6, 6.07) is 8.68. The third-order valence-electron chi connectivity index (χ3n) is 5.76. The van der Waals surface area contributed by atoms with E-state index in [1.165, 1.54) is 38.5 Å². The van der Waals surface area contributed by atoms with E-state index in [0.29, 0.717) is 12.0 Å². The SMILES string of the molecule is COc1ccccc1N1CCN(c2cnnc(NC3CCCCCC3)n2)CC1. The van der Waals surface area contributed by atoms with E-state index in [-0.39, 0.29) is 0 Å². The maximum Gasteiger partial charge on any atom is 0.244 e. The highest BCUT2D eigenvalue weighted by Crippen LogP contribution is 2.29. The van der Waals surface area contributed by atoms with Crippen LogP contribution in [0, 0.1) is 0 Å². The summed E-state index contributed by atoms with van der Waals surface area (Å²) in [4.78, 5) is 9.41. The van der Waals surface area contributed by atoms with Gasteiger partial charge in [-0.3, -0.25) is 0 Å². The zero-order valence-corrected chi connectivity index (χ0v) is 16.7. The Morgan fingerprint density at radius 2 is 1.68 bits per heavy atom. The lowest BCUT2D eigenvalue weighted by atomic mass is 10.1. The van der Waals surface area contributed by atoms with Gasteiger partial charge >= 0.3 is 0 Å². The van der Waals surface area contributed by atoms with Gasteiger partial charge in [0.15, 0.2) is 5.82 Å². The summed E-state index contributed by atoms with van der Waals surface area (Å²) in [5, 5.41) is 11.9. The molecule has 7 heteroatoms. The average Bonchev–Trinajstić information content (AvgIpc) is 3.03. The molecule has 2 aromatic rings. The molecule has 2 heterocycles. The number of piperazine rings is 1. The fourth-order valence-corrected chi connectivity index (χ4v) is 4.18. The molecule has 2 aliphatic rings. The Labute approximate surface area is 167 Å². The first-order valence-corrected chi connectivity index (χ1v) is 10.4. The minimum atomic E-state index is 0.474. The molecule has 1 N–H and O–H groups in total. The second-order valence-electron chi connectivity index (χ2n) is 7.62. The van der Waals surface area contributed by atoms with Gasteiger partial charge in [-0.2, -0.15) is 10.1 Å². The van der Waals surface area contributed by atoms with E-state index in [0.717, 1.165) is 43.4 Å². The highest BCUT2D eigenvalue weighted by atomic mass is 16.5. The Balaban J connectivity index is 1.38. The number of nitrogens with zero attached hydrogens (tertiary/aromatic N) is 5. The van der Waals surface area contributed by atoms with E-state index < -0.39 is 0 Å². The molecule has 28 heavy (non-hydrogen) atoms. The molecule has 0 bridgehead atoms. The maximum atomic E-state index is 5.51. The highest BCUT2D eigenvalue weighted by molar-refractivity contribution is 5.59. The third kappa shape index (κ3) is 4.46. The van der Waals surface area contributed by atoms with Gasteiger partial charge in [-0.15, -0.1) is 5.10 Å². The lowest BCUT2D eigenvalue weighted by Gasteiger charge is -2.37. The Morgan fingerprint density at radius 3 is 2.43 bits per heavy atom. The van der Waals surface area contributed by atoms with Gasteiger partial charge in [0, 0.05) is 32.2 Å². The van der Waals surface area contributed by atoms with Gasteiger partial charge in [0.2, 0.25) is 5.95 Å². The fraction of sp³-hybridized carbons (Fsp3) is 0.571. The number of methoxy groups -OCH3 is 1. The molecule has 1 aliphatic carbocycles. The van der Waals surface area contributed by atoms with Gasteiger partial charge in [-0.1, -0.05) is 37.8 Å². The Hall–Kier alpha value is -2.57. The van der Waals surface area contributed by atoms with Crippen molar-refractivity contribution in [2.75, 3.05) is 48.4 Å². The first-order chi connectivity index (χ1) is 13.8. The van der Waals surface area contributed by atoms with Gasteiger partial charge < -0.3 is 19.9 Å². The van der Waals surface area contributed by atoms with Crippen molar-refractivity contribution < 1.29 is 4.74 Å². The van der Waals surface area contributed by atoms with Crippen LogP contribution < -0.4 is 19.9 Å². The van der Waals surface area contributed by atoms with E-state index in [9.17, 15) is 0 Å². The van der Waals surface area contributed by atoms with Gasteiger partial charge in [0.1, 0.15) is 5.75 Å². The van der Waals surface area contributed by atoms with Crippen LogP contribution in [0.2, 0.25) is 0 Å². The van der Waals surface area contributed by atoms with Crippen molar-refractivity contribution >= 4 is 17.5 Å². The quantitative estimate of drug-likeness (QED) is 0.796. The first kappa shape index (κ1) is 18.8. The molecule has 0 spiro atoms. The molecule has 0 atom stereocenters. The van der Waals surface area contributed by atoms with Gasteiger partial charge in [0.05, 0.1) is 19.0 Å². The molecule has 0 radical (unpaired) electrons. The number of aromatic nitrogens is 3. The largest absolute Gasteiger partial charge is 0.495 e. The van der Waals surface area contributed by atoms with Crippen molar-refractivity contribution in [3.63, 3.8) is 0 Å². The molecule has 1 saturated carbocycles. The topological polar surface area (TPSA) is 66.4 Å². The molecule has 0 unspecified atom stereocenters. The van der Waals surface area contributed by atoms with Crippen LogP contribution in [-0.2, 0) is 0 Å². The second kappa shape index (κ2) is 9.08. The maximum absolute atomic E-state index is 5.51. The van der Waals surface area contributed by atoms with Gasteiger partial charge in [-0.25, -0.2) is 0 Å². The van der Waals surface area contributed by atoms with Crippen molar-refractivity contribution in [3.8, 4) is 5.75 Å². The van der Waals surface area contributed by atoms with E-state index in [2.05, 4.69) is 37.4 Å². The van der Waals surface area contributed by atoms with E-state index in [4.69, 9.17) is 9.72 Å². The summed E-state index contributed by atoms with van der Waals surface area (Å²) >= 11 is 0. The van der Waals surface area contributed by atoms with Gasteiger partial charge in [-0.05, 0) is 25.0 Å². The van der Waals surface area contributed by atoms with Crippen molar-refractivity contribution in [3.05, 3.63) is 30.5 Å². The molecule has 7 nitrogen and oxygen atoms in total. The fourth-order valence-electron chi connectivity index (χ4n) is 4.18. The van der Waals surface area contributed by atoms with Crippen LogP contribution >= 0.6 is 0 Å². The molecule has 2 fully saturated rings. The van der Waals surface area contributed by atoms with Gasteiger partial charge in [0.25, 0.3) is 0 Å². The number of nitrogens with one attached hydrogen (secondary N) is 1. The smallest absolute Gasteiger partial charge is 0.244 e. The lowest BCUT2D eigenvalue weighted by Crippen LogP contribution is -2.47. The van der Waals surface area contributed by atoms with E-state index >= 15 is 0 Å². The number of anilines is 3. The van der Waals surface area contributed by atoms with Crippen LogP contribution in [0.3, 0.4) is 0 Å². The molecule has 1 aliphatic heterocycles. The molecule has 0 amide bonds. The van der Waals surface area contributed by atoms with Crippen molar-refractivity contribution in [2.45, 2.75) is 44.6 Å². The number of hydrogen-bond acceptors (Lipinski definition) is 7. The summed E-state index contributed by atoms with van der Waals surface area (Å²) in [5.74, 6) is 2.50. The van der Waals surface area contributed by atoms with Crippen LogP contribution in [0.15, 0.2) is 30.5 Å². The molecular formula is C21H30N6O. The predicted octanol–water partition coefficient (Wildman–Crippen LogP) is 3.34. The lowest BCUT2D eigenvalue weighted by molar-refractivity contribution is 0.413. The standard InChI is InChI=1S/C21H30N6O/c1-28-19-11-7-6-10-18(19)26-12-14-27(15-13-26)20-16-22-25-21(24-20)23-17-8-4-2-3-5-9-17/h6-7,10-11,16-17H,2-5,8-9,12-15H2,1H3,(H,23,24,25). The normalized spacial score (nSPS) is 18.6. The summed E-state index contributed by atoms with van der Waals surface area (Å²) < 4.78 is 5.51. The van der Waals surface area contributed by atoms with E-state index in [1.807, 2.05) is 12.1 Å². The molecular weight excluding hydrogens is 352 g/mol. The second-order valence-corrected chi connectivity index (χ2v) is 7.62. The Morgan fingerprint density at radius 1 is 0.964 bits per heavy atom. The number of para-hydroxylation sites is 2. The van der Waals surface area contributed by atoms with Crippen LogP contribution in [0.1, 0.15) is 38.5 Å². The minimum absolute atomic E-state index is 0.474. The zero-order chi connectivity index (χ0) is 19.2. The monoisotopic (exact) mass is 382 g/mol. The molecule has 1 saturated heterocycles. The predicted molar refractivity (Wildman–Crippen MR) is 112 cm³/mol. The van der Waals surface area contributed by atoms with Crippen molar-refractivity contribution in [1.29, 1.82) is 0 Å². The van der Waals surface area contributed by atoms with Crippen molar-refractivity contribution in [1.82, 2.24) is 15.2 Å². The molecule has 4 rings (SSSR count). The molecule has 150 valence electrons. The Bertz CT molecular complexity index is 754. The molecule has 1 aromatic carbocycles. The van der Waals surface area contributed by atoms with Crippen LogP contribution in [0.5, 0.6) is 5.75 Å². The van der Waals surface area contributed by atoms with Crippen LogP contribution in [-0.4, -0.2) is 54.5 Å². The summed E-state index contributed by atoms with van der Waals surface area (Å²) in [5.41, 5.74) is 1.15. The van der Waals surface area contributed by atoms with Crippen LogP contribution in [0.4, 0.5) is 17.5 Å². The molecule has 1 aromatic heterocycles. The number of rotatable bonds is 5. The minimum Gasteiger partial charge on any atom is -0.495 e. The summed E-state index contributed by atoms with van der Waals surface area (Å²) in [7, 11) is 1.73. The van der Waals surface area contributed by atoms with Crippen LogP contribution in [0.25, 0.3) is 0 Å². The van der Waals surface area contributed by atoms with E-state index in [1.54, 1.807) is 13.3 Å². The van der Waals surface area contributed by atoms with Crippen molar-refractivity contribution in [2.24, 2.45) is 0 Å². The number of benzene rings is 1. The first-order valence-electron chi connectivity index (χ1n) is 10.4. The number of hydrogen-bond donors (Lipinski definition) is 1.